The lowest BCUT2D eigenvalue weighted by Crippen LogP contribution is -2.44. The van der Waals surface area contributed by atoms with Gasteiger partial charge in [0.25, 0.3) is 0 Å². The Hall–Kier alpha value is -0.653. The van der Waals surface area contributed by atoms with E-state index in [0.29, 0.717) is 13.0 Å². The van der Waals surface area contributed by atoms with Gasteiger partial charge < -0.3 is 32.8 Å². The van der Waals surface area contributed by atoms with Crippen molar-refractivity contribution in [3.05, 3.63) is 12.2 Å². The van der Waals surface area contributed by atoms with Gasteiger partial charge in [-0.15, -0.1) is 0 Å². The summed E-state index contributed by atoms with van der Waals surface area (Å²) in [5, 5.41) is 0.140. The summed E-state index contributed by atoms with van der Waals surface area (Å²) in [6, 6.07) is 0. The zero-order chi connectivity index (χ0) is 31.4. The van der Waals surface area contributed by atoms with Crippen molar-refractivity contribution in [3.8, 4) is 0 Å². The van der Waals surface area contributed by atoms with Gasteiger partial charge in [-0.2, -0.15) is 0 Å². The SMILES string of the molecule is CC(C)(C)[Si](C)(C)OC[C@@H]1[C@@H](C/C=C\CCCC(=O)COC2CCCCO2)[C@@H](OC2CCCCO2)C[C@H]1OC1CCCCO1. The number of Topliss-reactive ketones (excluding diaryl/α,β-unsaturated/α-hetero) is 1. The van der Waals surface area contributed by atoms with E-state index in [4.69, 9.17) is 32.8 Å². The Balaban J connectivity index is 1.35. The highest BCUT2D eigenvalue weighted by Crippen LogP contribution is 2.43. The summed E-state index contributed by atoms with van der Waals surface area (Å²) in [4.78, 5) is 12.4. The molecule has 0 bridgehead atoms. The first-order valence-electron chi connectivity index (χ1n) is 17.7. The molecular weight excluding hydrogens is 576 g/mol. The highest BCUT2D eigenvalue weighted by Gasteiger charge is 2.48. The molecule has 0 aromatic rings. The largest absolute Gasteiger partial charge is 0.416 e. The van der Waals surface area contributed by atoms with Crippen LogP contribution in [0.4, 0.5) is 0 Å². The average Bonchev–Trinajstić information content (AvgIpc) is 3.32. The Labute approximate surface area is 268 Å². The first kappa shape index (κ1) is 36.2. The van der Waals surface area contributed by atoms with Gasteiger partial charge in [-0.3, -0.25) is 4.79 Å². The normalized spacial score (nSPS) is 32.3. The van der Waals surface area contributed by atoms with Crippen LogP contribution in [0.3, 0.4) is 0 Å². The molecule has 0 amide bonds. The van der Waals surface area contributed by atoms with Crippen molar-refractivity contribution < 1.29 is 37.6 Å². The third kappa shape index (κ3) is 11.5. The summed E-state index contributed by atoms with van der Waals surface area (Å²) < 4.78 is 43.6. The number of unbranched alkanes of at least 4 members (excludes halogenated alkanes) is 1. The third-order valence-electron chi connectivity index (χ3n) is 10.3. The van der Waals surface area contributed by atoms with E-state index in [1.54, 1.807) is 0 Å². The monoisotopic (exact) mass is 638 g/mol. The number of hydrogen-bond donors (Lipinski definition) is 0. The van der Waals surface area contributed by atoms with Crippen molar-refractivity contribution in [2.45, 2.75) is 160 Å². The lowest BCUT2D eigenvalue weighted by Gasteiger charge is -2.39. The molecule has 0 aromatic heterocycles. The Morgan fingerprint density at radius 3 is 1.91 bits per heavy atom. The van der Waals surface area contributed by atoms with Crippen molar-refractivity contribution in [1.82, 2.24) is 0 Å². The summed E-state index contributed by atoms with van der Waals surface area (Å²) >= 11 is 0. The van der Waals surface area contributed by atoms with Gasteiger partial charge in [0.15, 0.2) is 33.0 Å². The second-order valence-corrected chi connectivity index (χ2v) is 19.6. The van der Waals surface area contributed by atoms with Gasteiger partial charge >= 0.3 is 0 Å². The number of hydrogen-bond acceptors (Lipinski definition) is 8. The molecule has 7 atom stereocenters. The first-order valence-corrected chi connectivity index (χ1v) is 20.6. The van der Waals surface area contributed by atoms with Crippen molar-refractivity contribution in [3.63, 3.8) is 0 Å². The molecule has 3 saturated heterocycles. The van der Waals surface area contributed by atoms with Gasteiger partial charge in [0, 0.05) is 45.2 Å². The second kappa shape index (κ2) is 18.0. The van der Waals surface area contributed by atoms with E-state index < -0.39 is 8.32 Å². The van der Waals surface area contributed by atoms with E-state index >= 15 is 0 Å². The standard InChI is InChI=1S/C35H62O8Si/c1-35(2,3)44(4,5)41-26-29-28(17-9-7-6-8-16-27(36)25-40-32-18-10-13-21-37-32)30(42-33-19-11-14-22-38-33)24-31(29)43-34-20-12-15-23-39-34/h7,9,28-34H,6,8,10-26H2,1-5H3/b9-7-/t28-,29-,30+,31-,32?,33?,34?/m1/s1. The molecule has 0 aromatic carbocycles. The predicted octanol–water partition coefficient (Wildman–Crippen LogP) is 7.70. The summed E-state index contributed by atoms with van der Waals surface area (Å²) in [5.41, 5.74) is 0. The minimum atomic E-state index is -1.95. The minimum Gasteiger partial charge on any atom is -0.416 e. The van der Waals surface area contributed by atoms with Gasteiger partial charge in [0.1, 0.15) is 6.61 Å². The molecule has 1 aliphatic carbocycles. The fourth-order valence-electron chi connectivity index (χ4n) is 6.44. The van der Waals surface area contributed by atoms with E-state index in [-0.39, 0.29) is 60.3 Å². The number of carbonyl (C=O) groups excluding carboxylic acids is 1. The molecule has 4 rings (SSSR count). The van der Waals surface area contributed by atoms with Crippen LogP contribution in [0.2, 0.25) is 18.1 Å². The van der Waals surface area contributed by atoms with E-state index in [1.165, 1.54) is 0 Å². The molecule has 8 nitrogen and oxygen atoms in total. The zero-order valence-corrected chi connectivity index (χ0v) is 29.4. The highest BCUT2D eigenvalue weighted by molar-refractivity contribution is 6.74. The van der Waals surface area contributed by atoms with E-state index in [0.717, 1.165) is 103 Å². The summed E-state index contributed by atoms with van der Waals surface area (Å²) in [6.45, 7) is 14.7. The van der Waals surface area contributed by atoms with Crippen molar-refractivity contribution >= 4 is 14.1 Å². The Morgan fingerprint density at radius 2 is 1.36 bits per heavy atom. The highest BCUT2D eigenvalue weighted by atomic mass is 28.4. The number of rotatable bonds is 16. The summed E-state index contributed by atoms with van der Waals surface area (Å²) in [5.74, 6) is 0.631. The molecule has 0 radical (unpaired) electrons. The van der Waals surface area contributed by atoms with Crippen LogP contribution < -0.4 is 0 Å². The lowest BCUT2D eigenvalue weighted by atomic mass is 9.90. The molecule has 4 aliphatic rings. The van der Waals surface area contributed by atoms with Crippen LogP contribution in [-0.2, 0) is 37.6 Å². The number of ether oxygens (including phenoxy) is 6. The van der Waals surface area contributed by atoms with E-state index in [1.807, 2.05) is 0 Å². The van der Waals surface area contributed by atoms with Gasteiger partial charge in [0.05, 0.1) is 12.2 Å². The Bertz CT molecular complexity index is 855. The zero-order valence-electron chi connectivity index (χ0n) is 28.4. The number of ketones is 1. The van der Waals surface area contributed by atoms with Crippen molar-refractivity contribution in [2.24, 2.45) is 11.8 Å². The predicted molar refractivity (Wildman–Crippen MR) is 174 cm³/mol. The first-order chi connectivity index (χ1) is 21.1. The Morgan fingerprint density at radius 1 is 0.795 bits per heavy atom. The lowest BCUT2D eigenvalue weighted by molar-refractivity contribution is -0.204. The van der Waals surface area contributed by atoms with E-state index in [9.17, 15) is 4.79 Å². The van der Waals surface area contributed by atoms with E-state index in [2.05, 4.69) is 46.0 Å². The average molecular weight is 639 g/mol. The maximum absolute atomic E-state index is 12.4. The molecular formula is C35H62O8Si. The van der Waals surface area contributed by atoms with Crippen LogP contribution in [0.25, 0.3) is 0 Å². The molecule has 9 heteroatoms. The number of allylic oxidation sites excluding steroid dienone is 2. The van der Waals surface area contributed by atoms with Crippen LogP contribution in [0.15, 0.2) is 12.2 Å². The quantitative estimate of drug-likeness (QED) is 0.0967. The van der Waals surface area contributed by atoms with Crippen molar-refractivity contribution in [1.29, 1.82) is 0 Å². The van der Waals surface area contributed by atoms with Gasteiger partial charge in [-0.1, -0.05) is 32.9 Å². The molecule has 0 spiro atoms. The topological polar surface area (TPSA) is 81.7 Å². The summed E-state index contributed by atoms with van der Waals surface area (Å²) in [6.07, 6.45) is 17.5. The molecule has 44 heavy (non-hydrogen) atoms. The molecule has 3 aliphatic heterocycles. The Kier molecular flexibility index (Phi) is 14.8. The number of carbonyl (C=O) groups is 1. The van der Waals surface area contributed by atoms with Crippen molar-refractivity contribution in [2.75, 3.05) is 33.0 Å². The molecule has 0 N–H and O–H groups in total. The van der Waals surface area contributed by atoms with Crippen LogP contribution in [0.1, 0.15) is 111 Å². The van der Waals surface area contributed by atoms with Crippen LogP contribution in [0, 0.1) is 11.8 Å². The summed E-state index contributed by atoms with van der Waals surface area (Å²) in [7, 11) is -1.95. The molecule has 1 saturated carbocycles. The van der Waals surface area contributed by atoms with Gasteiger partial charge in [0.2, 0.25) is 0 Å². The maximum atomic E-state index is 12.4. The molecule has 3 unspecified atom stereocenters. The molecule has 4 fully saturated rings. The smallest absolute Gasteiger partial charge is 0.191 e. The van der Waals surface area contributed by atoms with Gasteiger partial charge in [-0.05, 0) is 101 Å². The second-order valence-electron chi connectivity index (χ2n) is 14.8. The van der Waals surface area contributed by atoms with Gasteiger partial charge in [-0.25, -0.2) is 0 Å². The third-order valence-corrected chi connectivity index (χ3v) is 14.8. The van der Waals surface area contributed by atoms with Crippen LogP contribution in [0.5, 0.6) is 0 Å². The molecule has 254 valence electrons. The fourth-order valence-corrected chi connectivity index (χ4v) is 7.48. The minimum absolute atomic E-state index is 0.0284. The fraction of sp³-hybridized carbons (Fsp3) is 0.914. The molecule has 3 heterocycles. The maximum Gasteiger partial charge on any atom is 0.191 e. The van der Waals surface area contributed by atoms with Crippen LogP contribution >= 0.6 is 0 Å². The van der Waals surface area contributed by atoms with Crippen LogP contribution in [-0.4, -0.2) is 78.2 Å².